The number of carboxylic acid groups (broad SMARTS) is 1. The molecule has 0 bridgehead atoms. The Balaban J connectivity index is 1.93. The summed E-state index contributed by atoms with van der Waals surface area (Å²) in [5.74, 6) is -1.61. The van der Waals surface area contributed by atoms with Crippen LogP contribution in [0.15, 0.2) is 0 Å². The summed E-state index contributed by atoms with van der Waals surface area (Å²) in [6.45, 7) is 6.05. The number of amides is 3. The quantitative estimate of drug-likeness (QED) is 0.319. The van der Waals surface area contributed by atoms with Crippen LogP contribution < -0.4 is 10.6 Å². The van der Waals surface area contributed by atoms with Crippen molar-refractivity contribution < 1.29 is 29.0 Å². The molecule has 2 rings (SSSR count). The summed E-state index contributed by atoms with van der Waals surface area (Å²) < 4.78 is 5.20. The fraction of sp³-hybridized carbons (Fsp3) is 0.818. The molecule has 0 spiro atoms. The molecule has 0 aromatic heterocycles. The Labute approximate surface area is 198 Å². The van der Waals surface area contributed by atoms with E-state index < -0.39 is 29.7 Å². The van der Waals surface area contributed by atoms with Crippen molar-refractivity contribution in [3.63, 3.8) is 0 Å². The second-order valence-corrected chi connectivity index (χ2v) is 10.9. The van der Waals surface area contributed by atoms with Crippen molar-refractivity contribution >= 4 is 39.8 Å². The Morgan fingerprint density at radius 2 is 1.81 bits per heavy atom. The molecular formula is C22H36BrN3O6. The molecule has 3 atom stereocenters. The SMILES string of the molecule is CC(C)(C)OC(=O)NCCCC[C@H](NC(=O)C1CCCC1)C(=O)N1CC(Br)C[C@H]1C(=O)O. The number of unbranched alkanes of at least 4 members (excludes halogenated alkanes) is 1. The summed E-state index contributed by atoms with van der Waals surface area (Å²) in [7, 11) is 0. The molecule has 1 aliphatic carbocycles. The number of carbonyl (C=O) groups excluding carboxylic acids is 3. The Kier molecular flexibility index (Phi) is 9.79. The predicted octanol–water partition coefficient (Wildman–Crippen LogP) is 2.81. The molecule has 1 saturated heterocycles. The van der Waals surface area contributed by atoms with Crippen LogP contribution in [0.5, 0.6) is 0 Å². The first-order chi connectivity index (χ1) is 15.0. The molecule has 2 aliphatic rings. The minimum atomic E-state index is -1.04. The third kappa shape index (κ3) is 8.26. The monoisotopic (exact) mass is 517 g/mol. The first kappa shape index (κ1) is 26.4. The summed E-state index contributed by atoms with van der Waals surface area (Å²) >= 11 is 3.42. The van der Waals surface area contributed by atoms with Gasteiger partial charge in [0.15, 0.2) is 0 Å². The lowest BCUT2D eigenvalue weighted by atomic mass is 10.0. The van der Waals surface area contributed by atoms with Crippen LogP contribution in [-0.4, -0.2) is 69.5 Å². The molecule has 9 nitrogen and oxygen atoms in total. The lowest BCUT2D eigenvalue weighted by Gasteiger charge is -2.28. The molecule has 0 aromatic rings. The van der Waals surface area contributed by atoms with E-state index in [1.807, 2.05) is 0 Å². The maximum Gasteiger partial charge on any atom is 0.407 e. The van der Waals surface area contributed by atoms with E-state index in [2.05, 4.69) is 26.6 Å². The molecular weight excluding hydrogens is 482 g/mol. The van der Waals surface area contributed by atoms with Gasteiger partial charge >= 0.3 is 12.1 Å². The number of carbonyl (C=O) groups is 4. The van der Waals surface area contributed by atoms with E-state index in [4.69, 9.17) is 4.74 Å². The van der Waals surface area contributed by atoms with Crippen molar-refractivity contribution in [1.29, 1.82) is 0 Å². The van der Waals surface area contributed by atoms with Crippen molar-refractivity contribution in [2.75, 3.05) is 13.1 Å². The van der Waals surface area contributed by atoms with Crippen LogP contribution in [0.25, 0.3) is 0 Å². The Hall–Kier alpha value is -1.84. The van der Waals surface area contributed by atoms with Gasteiger partial charge < -0.3 is 25.4 Å². The van der Waals surface area contributed by atoms with E-state index in [1.165, 1.54) is 4.90 Å². The summed E-state index contributed by atoms with van der Waals surface area (Å²) in [6.07, 6.45) is 5.05. The number of hydrogen-bond donors (Lipinski definition) is 3. The Bertz CT molecular complexity index is 690. The van der Waals surface area contributed by atoms with E-state index >= 15 is 0 Å². The first-order valence-electron chi connectivity index (χ1n) is 11.4. The minimum Gasteiger partial charge on any atom is -0.480 e. The molecule has 2 fully saturated rings. The maximum absolute atomic E-state index is 13.2. The van der Waals surface area contributed by atoms with Gasteiger partial charge in [0.1, 0.15) is 17.7 Å². The van der Waals surface area contributed by atoms with Gasteiger partial charge in [0.05, 0.1) is 0 Å². The summed E-state index contributed by atoms with van der Waals surface area (Å²) in [4.78, 5) is 50.6. The minimum absolute atomic E-state index is 0.0862. The molecule has 32 heavy (non-hydrogen) atoms. The van der Waals surface area contributed by atoms with Crippen LogP contribution in [0.2, 0.25) is 0 Å². The topological polar surface area (TPSA) is 125 Å². The number of nitrogens with zero attached hydrogens (tertiary/aromatic N) is 1. The van der Waals surface area contributed by atoms with Crippen molar-refractivity contribution in [1.82, 2.24) is 15.5 Å². The number of nitrogens with one attached hydrogen (secondary N) is 2. The molecule has 1 saturated carbocycles. The van der Waals surface area contributed by atoms with E-state index in [0.29, 0.717) is 38.8 Å². The van der Waals surface area contributed by atoms with Crippen LogP contribution in [0.3, 0.4) is 0 Å². The van der Waals surface area contributed by atoms with Crippen LogP contribution in [0.4, 0.5) is 4.79 Å². The number of hydrogen-bond acceptors (Lipinski definition) is 5. The highest BCUT2D eigenvalue weighted by Gasteiger charge is 2.41. The fourth-order valence-electron chi connectivity index (χ4n) is 4.18. The smallest absolute Gasteiger partial charge is 0.407 e. The molecule has 10 heteroatoms. The van der Waals surface area contributed by atoms with Crippen LogP contribution >= 0.6 is 15.9 Å². The third-order valence-electron chi connectivity index (χ3n) is 5.75. The van der Waals surface area contributed by atoms with Gasteiger partial charge in [-0.25, -0.2) is 9.59 Å². The molecule has 1 unspecified atom stereocenters. The van der Waals surface area contributed by atoms with Crippen molar-refractivity contribution in [2.24, 2.45) is 5.92 Å². The van der Waals surface area contributed by atoms with E-state index in [0.717, 1.165) is 25.7 Å². The summed E-state index contributed by atoms with van der Waals surface area (Å²) in [6, 6.07) is -1.67. The van der Waals surface area contributed by atoms with Gasteiger partial charge in [-0.3, -0.25) is 9.59 Å². The highest BCUT2D eigenvalue weighted by molar-refractivity contribution is 9.09. The van der Waals surface area contributed by atoms with Gasteiger partial charge in [-0.05, 0) is 59.3 Å². The second-order valence-electron chi connectivity index (χ2n) is 9.64. The zero-order valence-corrected chi connectivity index (χ0v) is 20.8. The van der Waals surface area contributed by atoms with E-state index in [9.17, 15) is 24.3 Å². The van der Waals surface area contributed by atoms with E-state index in [-0.39, 0.29) is 22.6 Å². The zero-order chi connectivity index (χ0) is 23.9. The Morgan fingerprint density at radius 3 is 2.41 bits per heavy atom. The van der Waals surface area contributed by atoms with Gasteiger partial charge in [-0.1, -0.05) is 28.8 Å². The second kappa shape index (κ2) is 11.9. The molecule has 0 radical (unpaired) electrons. The van der Waals surface area contributed by atoms with Gasteiger partial charge in [-0.2, -0.15) is 0 Å². The average Bonchev–Trinajstić information content (AvgIpc) is 3.34. The van der Waals surface area contributed by atoms with Gasteiger partial charge in [0, 0.05) is 23.8 Å². The van der Waals surface area contributed by atoms with Crippen molar-refractivity contribution in [3.05, 3.63) is 0 Å². The van der Waals surface area contributed by atoms with Crippen LogP contribution in [-0.2, 0) is 19.1 Å². The fourth-order valence-corrected chi connectivity index (χ4v) is 4.84. The lowest BCUT2D eigenvalue weighted by Crippen LogP contribution is -2.52. The number of likely N-dealkylation sites (tertiary alicyclic amines) is 1. The van der Waals surface area contributed by atoms with Crippen molar-refractivity contribution in [3.8, 4) is 0 Å². The molecule has 3 amide bonds. The molecule has 182 valence electrons. The van der Waals surface area contributed by atoms with Crippen LogP contribution in [0.1, 0.15) is 72.1 Å². The van der Waals surface area contributed by atoms with Crippen molar-refractivity contribution in [2.45, 2.75) is 94.6 Å². The zero-order valence-electron chi connectivity index (χ0n) is 19.2. The molecule has 1 heterocycles. The normalized spacial score (nSPS) is 22.4. The molecule has 3 N–H and O–H groups in total. The number of alkyl carbamates (subject to hydrolysis) is 1. The summed E-state index contributed by atoms with van der Waals surface area (Å²) in [5, 5.41) is 15.1. The van der Waals surface area contributed by atoms with Crippen LogP contribution in [0, 0.1) is 5.92 Å². The molecule has 0 aromatic carbocycles. The maximum atomic E-state index is 13.2. The number of ether oxygens (including phenoxy) is 1. The largest absolute Gasteiger partial charge is 0.480 e. The third-order valence-corrected chi connectivity index (χ3v) is 6.41. The molecule has 1 aliphatic heterocycles. The number of halogens is 1. The number of carboxylic acids is 1. The van der Waals surface area contributed by atoms with Gasteiger partial charge in [-0.15, -0.1) is 0 Å². The standard InChI is InChI=1S/C22H36BrN3O6/c1-22(2,3)32-21(31)24-11-7-6-10-16(25-18(27)14-8-4-5-9-14)19(28)26-13-15(23)12-17(26)20(29)30/h14-17H,4-13H2,1-3H3,(H,24,31)(H,25,27)(H,29,30)/t15?,16-,17-/m0/s1. The lowest BCUT2D eigenvalue weighted by molar-refractivity contribution is -0.149. The number of alkyl halides is 1. The highest BCUT2D eigenvalue weighted by Crippen LogP contribution is 2.27. The average molecular weight is 518 g/mol. The predicted molar refractivity (Wildman–Crippen MR) is 122 cm³/mol. The number of rotatable bonds is 9. The van der Waals surface area contributed by atoms with Gasteiger partial charge in [0.2, 0.25) is 11.8 Å². The van der Waals surface area contributed by atoms with E-state index in [1.54, 1.807) is 20.8 Å². The van der Waals surface area contributed by atoms with Gasteiger partial charge in [0.25, 0.3) is 0 Å². The Morgan fingerprint density at radius 1 is 1.16 bits per heavy atom. The highest BCUT2D eigenvalue weighted by atomic mass is 79.9. The first-order valence-corrected chi connectivity index (χ1v) is 12.3. The number of aliphatic carboxylic acids is 1. The summed E-state index contributed by atoms with van der Waals surface area (Å²) in [5.41, 5.74) is -0.574.